The van der Waals surface area contributed by atoms with Gasteiger partial charge in [0.2, 0.25) is 0 Å². The maximum absolute atomic E-state index is 12.7. The van der Waals surface area contributed by atoms with Crippen molar-refractivity contribution in [3.05, 3.63) is 60.3 Å². The SMILES string of the molecule is O=C(c1ccc(-n2cnnn2)cc1)N1CCO[C@H](c2ccco2)C1. The van der Waals surface area contributed by atoms with Gasteiger partial charge in [0.05, 0.1) is 25.1 Å². The Morgan fingerprint density at radius 3 is 2.79 bits per heavy atom. The third kappa shape index (κ3) is 2.79. The Morgan fingerprint density at radius 2 is 2.08 bits per heavy atom. The Morgan fingerprint density at radius 1 is 1.21 bits per heavy atom. The van der Waals surface area contributed by atoms with Crippen LogP contribution in [0.5, 0.6) is 0 Å². The maximum Gasteiger partial charge on any atom is 0.254 e. The molecule has 8 nitrogen and oxygen atoms in total. The van der Waals surface area contributed by atoms with Gasteiger partial charge < -0.3 is 14.1 Å². The van der Waals surface area contributed by atoms with Gasteiger partial charge in [-0.05, 0) is 46.8 Å². The minimum Gasteiger partial charge on any atom is -0.467 e. The van der Waals surface area contributed by atoms with E-state index in [0.29, 0.717) is 25.3 Å². The van der Waals surface area contributed by atoms with Gasteiger partial charge in [-0.1, -0.05) is 0 Å². The summed E-state index contributed by atoms with van der Waals surface area (Å²) in [5, 5.41) is 11.0. The van der Waals surface area contributed by atoms with Crippen LogP contribution in [0.3, 0.4) is 0 Å². The molecule has 3 heterocycles. The van der Waals surface area contributed by atoms with E-state index in [-0.39, 0.29) is 12.0 Å². The van der Waals surface area contributed by atoms with Gasteiger partial charge in [-0.3, -0.25) is 4.79 Å². The lowest BCUT2D eigenvalue weighted by Gasteiger charge is -2.32. The first-order valence-electron chi connectivity index (χ1n) is 7.59. The highest BCUT2D eigenvalue weighted by Crippen LogP contribution is 2.23. The Labute approximate surface area is 137 Å². The first kappa shape index (κ1) is 14.6. The predicted octanol–water partition coefficient (Wildman–Crippen LogP) is 1.47. The topological polar surface area (TPSA) is 86.3 Å². The van der Waals surface area contributed by atoms with E-state index in [1.807, 2.05) is 24.3 Å². The highest BCUT2D eigenvalue weighted by Gasteiger charge is 2.27. The molecule has 1 saturated heterocycles. The summed E-state index contributed by atoms with van der Waals surface area (Å²) in [5.74, 6) is 0.708. The molecule has 4 rings (SSSR count). The number of amides is 1. The van der Waals surface area contributed by atoms with Crippen LogP contribution in [0.15, 0.2) is 53.4 Å². The highest BCUT2D eigenvalue weighted by atomic mass is 16.5. The van der Waals surface area contributed by atoms with Crippen molar-refractivity contribution >= 4 is 5.91 Å². The van der Waals surface area contributed by atoms with Crippen LogP contribution in [0, 0.1) is 0 Å². The normalized spacial score (nSPS) is 17.8. The van der Waals surface area contributed by atoms with Gasteiger partial charge in [-0.25, -0.2) is 4.68 Å². The van der Waals surface area contributed by atoms with Crippen molar-refractivity contribution < 1.29 is 13.9 Å². The maximum atomic E-state index is 12.7. The molecule has 122 valence electrons. The summed E-state index contributed by atoms with van der Waals surface area (Å²) in [5.41, 5.74) is 1.42. The third-order valence-corrected chi connectivity index (χ3v) is 3.94. The van der Waals surface area contributed by atoms with E-state index in [4.69, 9.17) is 9.15 Å². The summed E-state index contributed by atoms with van der Waals surface area (Å²) >= 11 is 0. The molecular formula is C16H15N5O3. The number of morpholine rings is 1. The molecule has 24 heavy (non-hydrogen) atoms. The monoisotopic (exact) mass is 325 g/mol. The van der Waals surface area contributed by atoms with Gasteiger partial charge in [0.1, 0.15) is 18.2 Å². The van der Waals surface area contributed by atoms with Gasteiger partial charge in [-0.2, -0.15) is 0 Å². The molecule has 1 aliphatic rings. The Kier molecular flexibility index (Phi) is 3.80. The van der Waals surface area contributed by atoms with E-state index in [9.17, 15) is 4.79 Å². The van der Waals surface area contributed by atoms with Crippen LogP contribution in [0.1, 0.15) is 22.2 Å². The number of hydrogen-bond acceptors (Lipinski definition) is 6. The van der Waals surface area contributed by atoms with Crippen molar-refractivity contribution in [3.63, 3.8) is 0 Å². The minimum absolute atomic E-state index is 0.0295. The van der Waals surface area contributed by atoms with E-state index in [0.717, 1.165) is 11.4 Å². The number of ether oxygens (including phenoxy) is 1. The molecule has 0 aliphatic carbocycles. The number of tetrazole rings is 1. The van der Waals surface area contributed by atoms with E-state index in [1.54, 1.807) is 23.3 Å². The van der Waals surface area contributed by atoms with Crippen molar-refractivity contribution in [2.45, 2.75) is 6.10 Å². The summed E-state index contributed by atoms with van der Waals surface area (Å²) in [6, 6.07) is 10.9. The minimum atomic E-state index is -0.224. The molecule has 1 aliphatic heterocycles. The van der Waals surface area contributed by atoms with E-state index in [2.05, 4.69) is 15.5 Å². The summed E-state index contributed by atoms with van der Waals surface area (Å²) < 4.78 is 12.6. The molecule has 1 fully saturated rings. The van der Waals surface area contributed by atoms with Gasteiger partial charge in [0.25, 0.3) is 5.91 Å². The summed E-state index contributed by atoms with van der Waals surface area (Å²) in [6.45, 7) is 1.52. The number of aromatic nitrogens is 4. The second kappa shape index (κ2) is 6.25. The summed E-state index contributed by atoms with van der Waals surface area (Å²) in [7, 11) is 0. The van der Waals surface area contributed by atoms with Crippen molar-refractivity contribution in [1.82, 2.24) is 25.1 Å². The molecule has 3 aromatic rings. The standard InChI is InChI=1S/C16H15N5O3/c22-16(12-3-5-13(6-4-12)21-11-17-18-19-21)20-7-9-24-15(10-20)14-2-1-8-23-14/h1-6,8,11,15H,7,9-10H2/t15-/m0/s1. The molecule has 0 unspecified atom stereocenters. The Hall–Kier alpha value is -3.00. The summed E-state index contributed by atoms with van der Waals surface area (Å²) in [4.78, 5) is 14.5. The third-order valence-electron chi connectivity index (χ3n) is 3.94. The second-order valence-electron chi connectivity index (χ2n) is 5.43. The number of benzene rings is 1. The fraction of sp³-hybridized carbons (Fsp3) is 0.250. The smallest absolute Gasteiger partial charge is 0.254 e. The lowest BCUT2D eigenvalue weighted by molar-refractivity contribution is -0.0321. The number of carbonyl (C=O) groups excluding carboxylic acids is 1. The molecule has 2 aromatic heterocycles. The molecule has 0 saturated carbocycles. The Balaban J connectivity index is 1.49. The van der Waals surface area contributed by atoms with Crippen LogP contribution in [0.2, 0.25) is 0 Å². The molecule has 0 radical (unpaired) electrons. The molecule has 8 heteroatoms. The van der Waals surface area contributed by atoms with Crippen LogP contribution < -0.4 is 0 Å². The molecule has 1 atom stereocenters. The average molecular weight is 325 g/mol. The molecule has 1 aromatic carbocycles. The number of hydrogen-bond donors (Lipinski definition) is 0. The van der Waals surface area contributed by atoms with Crippen LogP contribution >= 0.6 is 0 Å². The fourth-order valence-electron chi connectivity index (χ4n) is 2.70. The first-order valence-corrected chi connectivity index (χ1v) is 7.59. The van der Waals surface area contributed by atoms with Crippen molar-refractivity contribution in [2.24, 2.45) is 0 Å². The molecule has 0 spiro atoms. The van der Waals surface area contributed by atoms with Gasteiger partial charge in [-0.15, -0.1) is 5.10 Å². The van der Waals surface area contributed by atoms with Crippen LogP contribution in [0.25, 0.3) is 5.69 Å². The lowest BCUT2D eigenvalue weighted by Crippen LogP contribution is -2.42. The van der Waals surface area contributed by atoms with E-state index >= 15 is 0 Å². The van der Waals surface area contributed by atoms with Crippen LogP contribution in [-0.2, 0) is 4.74 Å². The van der Waals surface area contributed by atoms with E-state index in [1.165, 1.54) is 11.0 Å². The lowest BCUT2D eigenvalue weighted by atomic mass is 10.1. The van der Waals surface area contributed by atoms with Gasteiger partial charge in [0, 0.05) is 12.1 Å². The van der Waals surface area contributed by atoms with Crippen molar-refractivity contribution in [3.8, 4) is 5.69 Å². The van der Waals surface area contributed by atoms with Crippen LogP contribution in [-0.4, -0.2) is 50.7 Å². The number of carbonyl (C=O) groups is 1. The number of rotatable bonds is 3. The number of furan rings is 1. The zero-order valence-electron chi connectivity index (χ0n) is 12.8. The average Bonchev–Trinajstić information content (AvgIpc) is 3.35. The van der Waals surface area contributed by atoms with Gasteiger partial charge >= 0.3 is 0 Å². The zero-order valence-corrected chi connectivity index (χ0v) is 12.8. The fourth-order valence-corrected chi connectivity index (χ4v) is 2.70. The molecule has 1 amide bonds. The molecule has 0 N–H and O–H groups in total. The number of nitrogens with zero attached hydrogens (tertiary/aromatic N) is 5. The first-order chi connectivity index (χ1) is 11.8. The zero-order chi connectivity index (χ0) is 16.4. The van der Waals surface area contributed by atoms with Crippen molar-refractivity contribution in [1.29, 1.82) is 0 Å². The van der Waals surface area contributed by atoms with Crippen LogP contribution in [0.4, 0.5) is 0 Å². The summed E-state index contributed by atoms with van der Waals surface area (Å²) in [6.07, 6.45) is 2.89. The Bertz CT molecular complexity index is 799. The second-order valence-corrected chi connectivity index (χ2v) is 5.43. The molecular weight excluding hydrogens is 310 g/mol. The predicted molar refractivity (Wildman–Crippen MR) is 82.5 cm³/mol. The van der Waals surface area contributed by atoms with Gasteiger partial charge in [0.15, 0.2) is 0 Å². The molecule has 0 bridgehead atoms. The van der Waals surface area contributed by atoms with Crippen molar-refractivity contribution in [2.75, 3.05) is 19.7 Å². The quantitative estimate of drug-likeness (QED) is 0.725. The van der Waals surface area contributed by atoms with E-state index < -0.39 is 0 Å². The highest BCUT2D eigenvalue weighted by molar-refractivity contribution is 5.94. The largest absolute Gasteiger partial charge is 0.467 e.